The number of phenols is 1. The van der Waals surface area contributed by atoms with Crippen molar-refractivity contribution in [1.29, 1.82) is 0 Å². The van der Waals surface area contributed by atoms with Crippen LogP contribution in [0.2, 0.25) is 0 Å². The van der Waals surface area contributed by atoms with Crippen molar-refractivity contribution >= 4 is 60.5 Å². The molecule has 2 aromatic carbocycles. The van der Waals surface area contributed by atoms with Gasteiger partial charge in [0, 0.05) is 16.2 Å². The maximum Gasteiger partial charge on any atom is 0.342 e. The summed E-state index contributed by atoms with van der Waals surface area (Å²) in [4.78, 5) is 24.0. The highest BCUT2D eigenvalue weighted by molar-refractivity contribution is 9.10. The second kappa shape index (κ2) is 9.28. The van der Waals surface area contributed by atoms with Crippen molar-refractivity contribution in [2.75, 3.05) is 16.6 Å². The molecule has 156 valence electrons. The molecule has 0 radical (unpaired) electrons. The molecular weight excluding hydrogens is 496 g/mol. The van der Waals surface area contributed by atoms with E-state index in [1.165, 1.54) is 18.2 Å². The third-order valence-corrected chi connectivity index (χ3v) is 7.00. The molecule has 0 fully saturated rings. The van der Waals surface area contributed by atoms with Crippen molar-refractivity contribution < 1.29 is 27.9 Å². The fraction of sp³-hybridized carbons (Fsp3) is 0.0526. The van der Waals surface area contributed by atoms with Crippen LogP contribution in [0.5, 0.6) is 5.75 Å². The van der Waals surface area contributed by atoms with Crippen LogP contribution in [0, 0.1) is 0 Å². The quantitative estimate of drug-likeness (QED) is 0.415. The number of thiophene rings is 1. The number of rotatable bonds is 7. The number of hydrogen-bond acceptors (Lipinski definition) is 7. The molecule has 0 aliphatic carbocycles. The van der Waals surface area contributed by atoms with Gasteiger partial charge in [-0.05, 0) is 47.8 Å². The highest BCUT2D eigenvalue weighted by Gasteiger charge is 2.18. The van der Waals surface area contributed by atoms with Gasteiger partial charge in [-0.1, -0.05) is 22.0 Å². The number of hydrogen-bond donors (Lipinski definition) is 3. The number of esters is 1. The maximum absolute atomic E-state index is 12.2. The number of carbonyl (C=O) groups is 2. The zero-order chi connectivity index (χ0) is 21.7. The van der Waals surface area contributed by atoms with Gasteiger partial charge in [-0.15, -0.1) is 11.3 Å². The monoisotopic (exact) mass is 510 g/mol. The summed E-state index contributed by atoms with van der Waals surface area (Å²) in [6.07, 6.45) is 0. The Balaban J connectivity index is 1.59. The van der Waals surface area contributed by atoms with Gasteiger partial charge in [0.25, 0.3) is 15.9 Å². The second-order valence-electron chi connectivity index (χ2n) is 5.90. The lowest BCUT2D eigenvalue weighted by Gasteiger charge is -2.10. The molecular formula is C19H15BrN2O6S2. The number of nitrogens with one attached hydrogen (secondary N) is 2. The van der Waals surface area contributed by atoms with Gasteiger partial charge in [0.15, 0.2) is 6.61 Å². The maximum atomic E-state index is 12.2. The van der Waals surface area contributed by atoms with Gasteiger partial charge in [-0.3, -0.25) is 9.52 Å². The van der Waals surface area contributed by atoms with E-state index in [0.717, 1.165) is 21.9 Å². The zero-order valence-corrected chi connectivity index (χ0v) is 18.4. The minimum Gasteiger partial charge on any atom is -0.507 e. The number of anilines is 2. The van der Waals surface area contributed by atoms with E-state index in [9.17, 15) is 23.1 Å². The Kier molecular flexibility index (Phi) is 6.75. The first kappa shape index (κ1) is 21.8. The molecule has 3 aromatic rings. The van der Waals surface area contributed by atoms with Gasteiger partial charge in [0.1, 0.15) is 15.5 Å². The van der Waals surface area contributed by atoms with Crippen molar-refractivity contribution in [3.05, 3.63) is 70.0 Å². The molecule has 0 unspecified atom stereocenters. The Bertz CT molecular complexity index is 1160. The minimum absolute atomic E-state index is 0.0745. The van der Waals surface area contributed by atoms with E-state index in [-0.39, 0.29) is 15.5 Å². The molecule has 0 spiro atoms. The number of amides is 1. The third kappa shape index (κ3) is 5.59. The Labute approximate surface area is 184 Å². The lowest BCUT2D eigenvalue weighted by molar-refractivity contribution is -0.119. The van der Waals surface area contributed by atoms with Crippen LogP contribution in [0.25, 0.3) is 0 Å². The van der Waals surface area contributed by atoms with E-state index >= 15 is 0 Å². The molecule has 1 amide bonds. The minimum atomic E-state index is -3.79. The fourth-order valence-electron chi connectivity index (χ4n) is 2.33. The van der Waals surface area contributed by atoms with Crippen molar-refractivity contribution in [1.82, 2.24) is 0 Å². The van der Waals surface area contributed by atoms with Gasteiger partial charge in [-0.2, -0.15) is 0 Å². The highest BCUT2D eigenvalue weighted by Crippen LogP contribution is 2.26. The molecule has 3 rings (SSSR count). The molecule has 0 atom stereocenters. The standard InChI is InChI=1S/C19H15BrN2O6S2/c20-12-3-5-13(6-4-12)21-17(24)11-28-19(25)15-8-7-14(10-16(15)23)22-30(26,27)18-2-1-9-29-18/h1-10,22-23H,11H2,(H,21,24). The summed E-state index contributed by atoms with van der Waals surface area (Å²) in [6.45, 7) is -0.554. The second-order valence-corrected chi connectivity index (χ2v) is 9.67. The Morgan fingerprint density at radius 1 is 1.07 bits per heavy atom. The van der Waals surface area contributed by atoms with Gasteiger partial charge in [0.2, 0.25) is 0 Å². The third-order valence-electron chi connectivity index (χ3n) is 3.69. The lowest BCUT2D eigenvalue weighted by atomic mass is 10.2. The van der Waals surface area contributed by atoms with E-state index in [1.54, 1.807) is 35.7 Å². The van der Waals surface area contributed by atoms with Crippen LogP contribution in [0.15, 0.2) is 68.7 Å². The lowest BCUT2D eigenvalue weighted by Crippen LogP contribution is -2.21. The van der Waals surface area contributed by atoms with Gasteiger partial charge < -0.3 is 15.2 Å². The number of benzene rings is 2. The van der Waals surface area contributed by atoms with Crippen LogP contribution in [0.4, 0.5) is 11.4 Å². The molecule has 30 heavy (non-hydrogen) atoms. The van der Waals surface area contributed by atoms with Gasteiger partial charge in [0.05, 0.1) is 5.69 Å². The van der Waals surface area contributed by atoms with Crippen LogP contribution in [-0.2, 0) is 19.6 Å². The molecule has 0 saturated carbocycles. The number of sulfonamides is 1. The summed E-state index contributed by atoms with van der Waals surface area (Å²) in [5.41, 5.74) is 0.403. The zero-order valence-electron chi connectivity index (χ0n) is 15.2. The molecule has 3 N–H and O–H groups in total. The van der Waals surface area contributed by atoms with E-state index in [4.69, 9.17) is 4.74 Å². The number of halogens is 1. The first-order chi connectivity index (χ1) is 14.2. The number of carbonyl (C=O) groups excluding carboxylic acids is 2. The number of ether oxygens (including phenoxy) is 1. The Hall–Kier alpha value is -2.89. The molecule has 0 saturated heterocycles. The molecule has 1 aromatic heterocycles. The summed E-state index contributed by atoms with van der Waals surface area (Å²) in [6, 6.07) is 13.5. The van der Waals surface area contributed by atoms with E-state index in [1.807, 2.05) is 0 Å². The molecule has 0 aliphatic heterocycles. The number of aromatic hydroxyl groups is 1. The Morgan fingerprint density at radius 3 is 2.40 bits per heavy atom. The normalized spacial score (nSPS) is 11.0. The summed E-state index contributed by atoms with van der Waals surface area (Å²) in [5, 5.41) is 14.3. The summed E-state index contributed by atoms with van der Waals surface area (Å²) < 4.78 is 32.6. The van der Waals surface area contributed by atoms with E-state index in [2.05, 4.69) is 26.0 Å². The average Bonchev–Trinajstić information content (AvgIpc) is 3.24. The Morgan fingerprint density at radius 2 is 1.77 bits per heavy atom. The largest absolute Gasteiger partial charge is 0.507 e. The molecule has 1 heterocycles. The first-order valence-corrected chi connectivity index (χ1v) is 11.5. The topological polar surface area (TPSA) is 122 Å². The van der Waals surface area contributed by atoms with Crippen LogP contribution < -0.4 is 10.0 Å². The summed E-state index contributed by atoms with van der Waals surface area (Å²) in [7, 11) is -3.79. The van der Waals surface area contributed by atoms with Crippen LogP contribution >= 0.6 is 27.3 Å². The van der Waals surface area contributed by atoms with Crippen LogP contribution in [0.1, 0.15) is 10.4 Å². The highest BCUT2D eigenvalue weighted by atomic mass is 79.9. The predicted octanol–water partition coefficient (Wildman–Crippen LogP) is 3.81. The van der Waals surface area contributed by atoms with Crippen LogP contribution in [-0.4, -0.2) is 32.0 Å². The summed E-state index contributed by atoms with van der Waals surface area (Å²) in [5.74, 6) is -1.96. The first-order valence-electron chi connectivity index (χ1n) is 8.36. The molecule has 0 bridgehead atoms. The van der Waals surface area contributed by atoms with Crippen molar-refractivity contribution in [3.8, 4) is 5.75 Å². The van der Waals surface area contributed by atoms with Crippen molar-refractivity contribution in [3.63, 3.8) is 0 Å². The SMILES string of the molecule is O=C(COC(=O)c1ccc(NS(=O)(=O)c2cccs2)cc1O)Nc1ccc(Br)cc1. The summed E-state index contributed by atoms with van der Waals surface area (Å²) >= 11 is 4.33. The fourth-order valence-corrected chi connectivity index (χ4v) is 4.64. The van der Waals surface area contributed by atoms with Crippen LogP contribution in [0.3, 0.4) is 0 Å². The van der Waals surface area contributed by atoms with E-state index < -0.39 is 34.3 Å². The van der Waals surface area contributed by atoms with Gasteiger partial charge >= 0.3 is 5.97 Å². The van der Waals surface area contributed by atoms with Crippen molar-refractivity contribution in [2.24, 2.45) is 0 Å². The number of phenolic OH excluding ortho intramolecular Hbond substituents is 1. The van der Waals surface area contributed by atoms with Crippen molar-refractivity contribution in [2.45, 2.75) is 4.21 Å². The predicted molar refractivity (Wildman–Crippen MR) is 116 cm³/mol. The average molecular weight is 511 g/mol. The van der Waals surface area contributed by atoms with E-state index in [0.29, 0.717) is 5.69 Å². The molecule has 8 nitrogen and oxygen atoms in total. The van der Waals surface area contributed by atoms with Gasteiger partial charge in [-0.25, -0.2) is 13.2 Å². The molecule has 0 aliphatic rings. The molecule has 11 heteroatoms. The smallest absolute Gasteiger partial charge is 0.342 e.